The van der Waals surface area contributed by atoms with Crippen molar-refractivity contribution in [1.82, 2.24) is 4.90 Å². The first-order valence-electron chi connectivity index (χ1n) is 7.66. The van der Waals surface area contributed by atoms with Crippen LogP contribution in [-0.4, -0.2) is 37.6 Å². The van der Waals surface area contributed by atoms with Gasteiger partial charge >= 0.3 is 0 Å². The number of likely N-dealkylation sites (tertiary alicyclic amines) is 1. The Bertz CT molecular complexity index is 506. The van der Waals surface area contributed by atoms with E-state index in [0.717, 1.165) is 42.3 Å². The first-order chi connectivity index (χ1) is 9.97. The molecule has 0 unspecified atom stereocenters. The zero-order valence-electron chi connectivity index (χ0n) is 13.5. The van der Waals surface area contributed by atoms with E-state index in [4.69, 9.17) is 4.74 Å². The van der Waals surface area contributed by atoms with Gasteiger partial charge in [0.1, 0.15) is 5.75 Å². The SMILES string of the molecule is CC(=O)Nc1ccc(OCC2CCN(C)CC2)c(C)c1C. The summed E-state index contributed by atoms with van der Waals surface area (Å²) in [5, 5.41) is 2.85. The highest BCUT2D eigenvalue weighted by molar-refractivity contribution is 5.89. The number of benzene rings is 1. The monoisotopic (exact) mass is 290 g/mol. The maximum atomic E-state index is 11.2. The second-order valence-electron chi connectivity index (χ2n) is 6.10. The fraction of sp³-hybridized carbons (Fsp3) is 0.588. The molecule has 1 aliphatic rings. The van der Waals surface area contributed by atoms with Crippen molar-refractivity contribution in [3.63, 3.8) is 0 Å². The number of ether oxygens (including phenoxy) is 1. The lowest BCUT2D eigenvalue weighted by molar-refractivity contribution is -0.114. The van der Waals surface area contributed by atoms with Gasteiger partial charge in [-0.2, -0.15) is 0 Å². The van der Waals surface area contributed by atoms with Crippen molar-refractivity contribution in [2.75, 3.05) is 32.1 Å². The largest absolute Gasteiger partial charge is 0.493 e. The van der Waals surface area contributed by atoms with Gasteiger partial charge in [-0.25, -0.2) is 0 Å². The summed E-state index contributed by atoms with van der Waals surface area (Å²) in [4.78, 5) is 13.5. The van der Waals surface area contributed by atoms with Gasteiger partial charge in [0.15, 0.2) is 0 Å². The predicted molar refractivity (Wildman–Crippen MR) is 85.9 cm³/mol. The minimum atomic E-state index is -0.0440. The molecule has 1 saturated heterocycles. The van der Waals surface area contributed by atoms with Crippen molar-refractivity contribution >= 4 is 11.6 Å². The van der Waals surface area contributed by atoms with E-state index in [2.05, 4.69) is 17.3 Å². The molecular formula is C17H26N2O2. The molecule has 1 fully saturated rings. The van der Waals surface area contributed by atoms with Gasteiger partial charge in [0.25, 0.3) is 0 Å². The molecule has 1 aromatic rings. The Labute approximate surface area is 127 Å². The van der Waals surface area contributed by atoms with E-state index in [1.807, 2.05) is 26.0 Å². The second kappa shape index (κ2) is 6.94. The zero-order chi connectivity index (χ0) is 15.4. The van der Waals surface area contributed by atoms with E-state index in [-0.39, 0.29) is 5.91 Å². The van der Waals surface area contributed by atoms with Gasteiger partial charge in [-0.1, -0.05) is 0 Å². The van der Waals surface area contributed by atoms with Gasteiger partial charge in [0, 0.05) is 12.6 Å². The average molecular weight is 290 g/mol. The molecule has 1 amide bonds. The fourth-order valence-corrected chi connectivity index (χ4v) is 2.71. The van der Waals surface area contributed by atoms with E-state index in [0.29, 0.717) is 5.92 Å². The van der Waals surface area contributed by atoms with Crippen LogP contribution in [0.4, 0.5) is 5.69 Å². The van der Waals surface area contributed by atoms with Crippen LogP contribution >= 0.6 is 0 Å². The van der Waals surface area contributed by atoms with Crippen molar-refractivity contribution < 1.29 is 9.53 Å². The molecule has 0 saturated carbocycles. The molecule has 21 heavy (non-hydrogen) atoms. The van der Waals surface area contributed by atoms with Crippen molar-refractivity contribution in [2.45, 2.75) is 33.6 Å². The standard InChI is InChI=1S/C17H26N2O2/c1-12-13(2)17(6-5-16(12)18-14(3)20)21-11-15-7-9-19(4)10-8-15/h5-6,15H,7-11H2,1-4H3,(H,18,20). The summed E-state index contributed by atoms with van der Waals surface area (Å²) >= 11 is 0. The Morgan fingerprint density at radius 3 is 2.57 bits per heavy atom. The van der Waals surface area contributed by atoms with E-state index < -0.39 is 0 Å². The third-order valence-electron chi connectivity index (χ3n) is 4.36. The number of carbonyl (C=O) groups excluding carboxylic acids is 1. The van der Waals surface area contributed by atoms with Crippen LogP contribution in [0.15, 0.2) is 12.1 Å². The molecule has 1 aromatic carbocycles. The average Bonchev–Trinajstić information content (AvgIpc) is 2.44. The van der Waals surface area contributed by atoms with Crippen LogP contribution in [0.2, 0.25) is 0 Å². The number of rotatable bonds is 4. The fourth-order valence-electron chi connectivity index (χ4n) is 2.71. The highest BCUT2D eigenvalue weighted by Crippen LogP contribution is 2.28. The number of piperidine rings is 1. The summed E-state index contributed by atoms with van der Waals surface area (Å²) in [6, 6.07) is 3.89. The molecular weight excluding hydrogens is 264 g/mol. The summed E-state index contributed by atoms with van der Waals surface area (Å²) in [6.45, 7) is 8.70. The highest BCUT2D eigenvalue weighted by Gasteiger charge is 2.18. The summed E-state index contributed by atoms with van der Waals surface area (Å²) in [6.07, 6.45) is 2.41. The van der Waals surface area contributed by atoms with Crippen LogP contribution in [0.3, 0.4) is 0 Å². The molecule has 1 heterocycles. The lowest BCUT2D eigenvalue weighted by Gasteiger charge is -2.29. The Morgan fingerprint density at radius 1 is 1.29 bits per heavy atom. The Kier molecular flexibility index (Phi) is 5.23. The third kappa shape index (κ3) is 4.21. The lowest BCUT2D eigenvalue weighted by Crippen LogP contribution is -2.32. The molecule has 0 aliphatic carbocycles. The first-order valence-corrected chi connectivity index (χ1v) is 7.66. The number of hydrogen-bond donors (Lipinski definition) is 1. The number of nitrogens with zero attached hydrogens (tertiary/aromatic N) is 1. The molecule has 4 heteroatoms. The molecule has 0 spiro atoms. The molecule has 0 aromatic heterocycles. The Morgan fingerprint density at radius 2 is 1.95 bits per heavy atom. The van der Waals surface area contributed by atoms with Crippen LogP contribution in [0.1, 0.15) is 30.9 Å². The van der Waals surface area contributed by atoms with Gasteiger partial charge in [-0.3, -0.25) is 4.79 Å². The van der Waals surface area contributed by atoms with Crippen LogP contribution in [0.25, 0.3) is 0 Å². The number of nitrogens with one attached hydrogen (secondary N) is 1. The molecule has 1 N–H and O–H groups in total. The number of carbonyl (C=O) groups is 1. The van der Waals surface area contributed by atoms with Gasteiger partial charge in [0.05, 0.1) is 6.61 Å². The van der Waals surface area contributed by atoms with Crippen molar-refractivity contribution in [3.8, 4) is 5.75 Å². The smallest absolute Gasteiger partial charge is 0.221 e. The van der Waals surface area contributed by atoms with E-state index in [1.54, 1.807) is 0 Å². The number of hydrogen-bond acceptors (Lipinski definition) is 3. The van der Waals surface area contributed by atoms with Crippen molar-refractivity contribution in [3.05, 3.63) is 23.3 Å². The number of anilines is 1. The zero-order valence-corrected chi connectivity index (χ0v) is 13.5. The van der Waals surface area contributed by atoms with Crippen LogP contribution in [-0.2, 0) is 4.79 Å². The summed E-state index contributed by atoms with van der Waals surface area (Å²) in [5.41, 5.74) is 3.05. The quantitative estimate of drug-likeness (QED) is 0.927. The molecule has 0 radical (unpaired) electrons. The minimum absolute atomic E-state index is 0.0440. The summed E-state index contributed by atoms with van der Waals surface area (Å²) in [5.74, 6) is 1.54. The minimum Gasteiger partial charge on any atom is -0.493 e. The van der Waals surface area contributed by atoms with Gasteiger partial charge in [-0.05, 0) is 76.0 Å². The molecule has 4 nitrogen and oxygen atoms in total. The first kappa shape index (κ1) is 15.8. The van der Waals surface area contributed by atoms with Gasteiger partial charge in [-0.15, -0.1) is 0 Å². The Hall–Kier alpha value is -1.55. The predicted octanol–water partition coefficient (Wildman–Crippen LogP) is 2.98. The maximum absolute atomic E-state index is 11.2. The van der Waals surface area contributed by atoms with Crippen LogP contribution < -0.4 is 10.1 Å². The summed E-state index contributed by atoms with van der Waals surface area (Å²) in [7, 11) is 2.17. The molecule has 1 aliphatic heterocycles. The molecule has 0 atom stereocenters. The Balaban J connectivity index is 1.97. The van der Waals surface area contributed by atoms with Gasteiger partial charge < -0.3 is 15.0 Å². The van der Waals surface area contributed by atoms with E-state index in [9.17, 15) is 4.79 Å². The van der Waals surface area contributed by atoms with Crippen LogP contribution in [0, 0.1) is 19.8 Å². The van der Waals surface area contributed by atoms with Gasteiger partial charge in [0.2, 0.25) is 5.91 Å². The highest BCUT2D eigenvalue weighted by atomic mass is 16.5. The third-order valence-corrected chi connectivity index (χ3v) is 4.36. The lowest BCUT2D eigenvalue weighted by atomic mass is 9.98. The van der Waals surface area contributed by atoms with Crippen LogP contribution in [0.5, 0.6) is 5.75 Å². The van der Waals surface area contributed by atoms with E-state index >= 15 is 0 Å². The van der Waals surface area contributed by atoms with Crippen molar-refractivity contribution in [1.29, 1.82) is 0 Å². The summed E-state index contributed by atoms with van der Waals surface area (Å²) < 4.78 is 6.02. The molecule has 0 bridgehead atoms. The van der Waals surface area contributed by atoms with Crippen molar-refractivity contribution in [2.24, 2.45) is 5.92 Å². The topological polar surface area (TPSA) is 41.6 Å². The molecule has 116 valence electrons. The maximum Gasteiger partial charge on any atom is 0.221 e. The molecule has 2 rings (SSSR count). The van der Waals surface area contributed by atoms with E-state index in [1.165, 1.54) is 19.8 Å². The number of amides is 1. The second-order valence-corrected chi connectivity index (χ2v) is 6.10. The normalized spacial score (nSPS) is 16.8.